The van der Waals surface area contributed by atoms with Crippen LogP contribution in [0.15, 0.2) is 12.7 Å². The molecule has 1 rings (SSSR count). The van der Waals surface area contributed by atoms with Crippen molar-refractivity contribution in [1.82, 2.24) is 20.0 Å². The molecule has 13 heteroatoms. The van der Waals surface area contributed by atoms with E-state index in [0.717, 1.165) is 37.7 Å². The Morgan fingerprint density at radius 1 is 1.08 bits per heavy atom. The quantitative estimate of drug-likeness (QED) is 0.397. The van der Waals surface area contributed by atoms with E-state index >= 15 is 0 Å². The zero-order valence-electron chi connectivity index (χ0n) is 21.2. The number of rotatable bonds is 11. The standard InChI is InChI=1S/C23H35F3N4O6/c1-7-10-30(21(36)23(24,25)26)22(4,5)20(35)28(6)17(14(2)3)18(33)27-15(13-16(31)32)19(34)29-11-8-9-12-29/h7,14-15,17H,1,8-13H2,2-6H3,(H,27,33)(H,31,32)/t15-,17?/m0/s1. The lowest BCUT2D eigenvalue weighted by atomic mass is 9.95. The first-order valence-corrected chi connectivity index (χ1v) is 11.5. The van der Waals surface area contributed by atoms with E-state index in [2.05, 4.69) is 11.9 Å². The van der Waals surface area contributed by atoms with E-state index in [1.54, 1.807) is 13.8 Å². The molecule has 0 saturated carbocycles. The summed E-state index contributed by atoms with van der Waals surface area (Å²) in [6, 6.07) is -2.65. The lowest BCUT2D eigenvalue weighted by molar-refractivity contribution is -0.192. The molecule has 1 fully saturated rings. The number of nitrogens with one attached hydrogen (secondary N) is 1. The molecule has 10 nitrogen and oxygen atoms in total. The monoisotopic (exact) mass is 520 g/mol. The van der Waals surface area contributed by atoms with Gasteiger partial charge < -0.3 is 25.1 Å². The number of aliphatic carboxylic acids is 1. The summed E-state index contributed by atoms with van der Waals surface area (Å²) in [7, 11) is 1.20. The minimum Gasteiger partial charge on any atom is -0.481 e. The number of hydrogen-bond donors (Lipinski definition) is 2. The van der Waals surface area contributed by atoms with Gasteiger partial charge in [-0.15, -0.1) is 6.58 Å². The Labute approximate surface area is 208 Å². The molecule has 4 amide bonds. The zero-order valence-corrected chi connectivity index (χ0v) is 21.2. The molecule has 1 saturated heterocycles. The van der Waals surface area contributed by atoms with Crippen molar-refractivity contribution < 1.29 is 42.3 Å². The summed E-state index contributed by atoms with van der Waals surface area (Å²) >= 11 is 0. The SMILES string of the molecule is C=CCN(C(=O)C(F)(F)F)C(C)(C)C(=O)N(C)C(C(=O)N[C@@H](CC(=O)O)C(=O)N1CCCC1)C(C)C. The van der Waals surface area contributed by atoms with E-state index in [0.29, 0.717) is 18.0 Å². The lowest BCUT2D eigenvalue weighted by Crippen LogP contribution is -2.64. The number of hydrogen-bond acceptors (Lipinski definition) is 5. The van der Waals surface area contributed by atoms with Crippen molar-refractivity contribution in [3.05, 3.63) is 12.7 Å². The van der Waals surface area contributed by atoms with Gasteiger partial charge in [-0.25, -0.2) is 0 Å². The number of carbonyl (C=O) groups excluding carboxylic acids is 4. The number of likely N-dealkylation sites (N-methyl/N-ethyl adjacent to an activating group) is 1. The van der Waals surface area contributed by atoms with Crippen LogP contribution >= 0.6 is 0 Å². The third-order valence-corrected chi connectivity index (χ3v) is 6.05. The second-order valence-corrected chi connectivity index (χ2v) is 9.56. The van der Waals surface area contributed by atoms with Crippen LogP contribution in [0.2, 0.25) is 0 Å². The van der Waals surface area contributed by atoms with Gasteiger partial charge in [0.05, 0.1) is 6.42 Å². The van der Waals surface area contributed by atoms with Crippen molar-refractivity contribution in [3.63, 3.8) is 0 Å². The molecule has 1 unspecified atom stereocenters. The molecule has 0 bridgehead atoms. The number of nitrogens with zero attached hydrogens (tertiary/aromatic N) is 3. The van der Waals surface area contributed by atoms with E-state index < -0.39 is 72.3 Å². The Bertz CT molecular complexity index is 868. The fraction of sp³-hybridized carbons (Fsp3) is 0.696. The van der Waals surface area contributed by atoms with Crippen LogP contribution in [-0.4, -0.2) is 99.9 Å². The van der Waals surface area contributed by atoms with E-state index in [1.165, 1.54) is 11.9 Å². The molecule has 1 aliphatic rings. The van der Waals surface area contributed by atoms with Crippen LogP contribution in [-0.2, 0) is 24.0 Å². The molecule has 0 aromatic heterocycles. The summed E-state index contributed by atoms with van der Waals surface area (Å²) in [5.41, 5.74) is -2.02. The summed E-state index contributed by atoms with van der Waals surface area (Å²) in [4.78, 5) is 65.4. The first-order chi connectivity index (χ1) is 16.5. The number of carboxylic acids is 1. The molecule has 2 atom stereocenters. The highest BCUT2D eigenvalue weighted by Gasteiger charge is 2.50. The second kappa shape index (κ2) is 12.2. The van der Waals surface area contributed by atoms with Crippen LogP contribution in [0.3, 0.4) is 0 Å². The second-order valence-electron chi connectivity index (χ2n) is 9.56. The molecule has 0 aliphatic carbocycles. The van der Waals surface area contributed by atoms with Crippen molar-refractivity contribution in [3.8, 4) is 0 Å². The Balaban J connectivity index is 3.24. The molecule has 204 valence electrons. The lowest BCUT2D eigenvalue weighted by Gasteiger charge is -2.42. The molecule has 1 heterocycles. The van der Waals surface area contributed by atoms with Gasteiger partial charge in [0.25, 0.3) is 0 Å². The fourth-order valence-electron chi connectivity index (χ4n) is 4.24. The maximum Gasteiger partial charge on any atom is 0.471 e. The first kappa shape index (κ1) is 30.9. The number of carboxylic acid groups (broad SMARTS) is 1. The first-order valence-electron chi connectivity index (χ1n) is 11.5. The topological polar surface area (TPSA) is 127 Å². The number of alkyl halides is 3. The zero-order chi connectivity index (χ0) is 28.0. The van der Waals surface area contributed by atoms with Gasteiger partial charge in [-0.3, -0.25) is 24.0 Å². The Morgan fingerprint density at radius 3 is 2.03 bits per heavy atom. The predicted molar refractivity (Wildman–Crippen MR) is 123 cm³/mol. The summed E-state index contributed by atoms with van der Waals surface area (Å²) in [6.07, 6.45) is -3.38. The fourth-order valence-corrected chi connectivity index (χ4v) is 4.24. The van der Waals surface area contributed by atoms with Crippen LogP contribution in [0.25, 0.3) is 0 Å². The Morgan fingerprint density at radius 2 is 1.61 bits per heavy atom. The Kier molecular flexibility index (Phi) is 10.5. The van der Waals surface area contributed by atoms with Crippen molar-refractivity contribution in [2.75, 3.05) is 26.7 Å². The van der Waals surface area contributed by atoms with Crippen LogP contribution in [0.5, 0.6) is 0 Å². The minimum atomic E-state index is -5.24. The molecule has 0 spiro atoms. The summed E-state index contributed by atoms with van der Waals surface area (Å²) < 4.78 is 39.6. The van der Waals surface area contributed by atoms with Crippen molar-refractivity contribution >= 4 is 29.6 Å². The van der Waals surface area contributed by atoms with E-state index in [9.17, 15) is 42.3 Å². The average molecular weight is 521 g/mol. The Hall–Kier alpha value is -3.12. The summed E-state index contributed by atoms with van der Waals surface area (Å²) in [5, 5.41) is 11.7. The number of likely N-dealkylation sites (tertiary alicyclic amines) is 1. The number of halogens is 3. The smallest absolute Gasteiger partial charge is 0.471 e. The van der Waals surface area contributed by atoms with Gasteiger partial charge in [-0.2, -0.15) is 13.2 Å². The third-order valence-electron chi connectivity index (χ3n) is 6.05. The van der Waals surface area contributed by atoms with E-state index in [4.69, 9.17) is 0 Å². The highest BCUT2D eigenvalue weighted by molar-refractivity contribution is 5.97. The molecule has 36 heavy (non-hydrogen) atoms. The molecular weight excluding hydrogens is 485 g/mol. The van der Waals surface area contributed by atoms with Crippen LogP contribution in [0.4, 0.5) is 13.2 Å². The van der Waals surface area contributed by atoms with Gasteiger partial charge in [0.2, 0.25) is 17.7 Å². The maximum absolute atomic E-state index is 13.4. The molecule has 1 aliphatic heterocycles. The summed E-state index contributed by atoms with van der Waals surface area (Å²) in [6.45, 7) is 9.04. The highest BCUT2D eigenvalue weighted by Crippen LogP contribution is 2.27. The largest absolute Gasteiger partial charge is 0.481 e. The number of amides is 4. The maximum atomic E-state index is 13.4. The van der Waals surface area contributed by atoms with Crippen LogP contribution in [0.1, 0.15) is 47.0 Å². The highest BCUT2D eigenvalue weighted by atomic mass is 19.4. The van der Waals surface area contributed by atoms with Gasteiger partial charge in [0, 0.05) is 26.7 Å². The van der Waals surface area contributed by atoms with E-state index in [-0.39, 0.29) is 0 Å². The van der Waals surface area contributed by atoms with E-state index in [1.807, 2.05) is 0 Å². The van der Waals surface area contributed by atoms with Gasteiger partial charge in [-0.05, 0) is 32.6 Å². The minimum absolute atomic E-state index is 0.318. The van der Waals surface area contributed by atoms with Gasteiger partial charge in [0.1, 0.15) is 17.6 Å². The van der Waals surface area contributed by atoms with Crippen molar-refractivity contribution in [2.24, 2.45) is 5.92 Å². The number of carbonyl (C=O) groups is 5. The molecule has 2 N–H and O–H groups in total. The van der Waals surface area contributed by atoms with Gasteiger partial charge in [0.15, 0.2) is 0 Å². The molecule has 0 aromatic carbocycles. The molecule has 0 radical (unpaired) electrons. The normalized spacial score (nSPS) is 15.8. The molecule has 0 aromatic rings. The van der Waals surface area contributed by atoms with Crippen molar-refractivity contribution in [1.29, 1.82) is 0 Å². The van der Waals surface area contributed by atoms with Gasteiger partial charge in [-0.1, -0.05) is 19.9 Å². The van der Waals surface area contributed by atoms with Gasteiger partial charge >= 0.3 is 18.1 Å². The summed E-state index contributed by atoms with van der Waals surface area (Å²) in [5.74, 6) is -6.49. The van der Waals surface area contributed by atoms with Crippen molar-refractivity contribution in [2.45, 2.75) is 70.8 Å². The third kappa shape index (κ3) is 7.44. The average Bonchev–Trinajstić information content (AvgIpc) is 3.29. The predicted octanol–water partition coefficient (Wildman–Crippen LogP) is 1.41. The molecular formula is C23H35F3N4O6. The van der Waals surface area contributed by atoms with Crippen LogP contribution < -0.4 is 5.32 Å². The van der Waals surface area contributed by atoms with Crippen LogP contribution in [0, 0.1) is 5.92 Å².